The zero-order valence-electron chi connectivity index (χ0n) is 10.8. The minimum Gasteiger partial charge on any atom is -0.300 e. The lowest BCUT2D eigenvalue weighted by atomic mass is 9.84. The Kier molecular flexibility index (Phi) is 3.44. The van der Waals surface area contributed by atoms with E-state index in [4.69, 9.17) is 0 Å². The van der Waals surface area contributed by atoms with Crippen LogP contribution in [0.3, 0.4) is 0 Å². The summed E-state index contributed by atoms with van der Waals surface area (Å²) in [5, 5.41) is 0. The smallest absolute Gasteiger partial charge is 0.133 e. The molecule has 0 saturated heterocycles. The molecule has 1 aromatic heterocycles. The maximum atomic E-state index is 12.0. The highest BCUT2D eigenvalue weighted by atomic mass is 16.1. The zero-order chi connectivity index (χ0) is 12.4. The molecule has 2 bridgehead atoms. The number of fused-ring (bicyclic) bond motifs is 2. The molecule has 0 amide bonds. The molecule has 2 aliphatic carbocycles. The van der Waals surface area contributed by atoms with Gasteiger partial charge in [-0.15, -0.1) is 0 Å². The van der Waals surface area contributed by atoms with Crippen LogP contribution < -0.4 is 0 Å². The van der Waals surface area contributed by atoms with Gasteiger partial charge in [-0.1, -0.05) is 12.5 Å². The number of ketones is 1. The summed E-state index contributed by atoms with van der Waals surface area (Å²) in [6.45, 7) is 0. The van der Waals surface area contributed by atoms with Crippen LogP contribution in [0.1, 0.15) is 44.1 Å². The largest absolute Gasteiger partial charge is 0.300 e. The highest BCUT2D eigenvalue weighted by molar-refractivity contribution is 5.79. The minimum atomic E-state index is 0.455. The third-order valence-corrected chi connectivity index (χ3v) is 4.79. The van der Waals surface area contributed by atoms with Crippen molar-refractivity contribution in [3.63, 3.8) is 0 Å². The Morgan fingerprint density at radius 3 is 2.94 bits per heavy atom. The maximum Gasteiger partial charge on any atom is 0.133 e. The van der Waals surface area contributed by atoms with Gasteiger partial charge in [0.15, 0.2) is 0 Å². The summed E-state index contributed by atoms with van der Waals surface area (Å²) in [5.74, 6) is 2.99. The van der Waals surface area contributed by atoms with E-state index in [2.05, 4.69) is 11.1 Å². The van der Waals surface area contributed by atoms with Crippen LogP contribution in [0, 0.1) is 17.8 Å². The number of hydrogen-bond acceptors (Lipinski definition) is 2. The molecular weight excluding hydrogens is 222 g/mol. The predicted molar refractivity (Wildman–Crippen MR) is 71.1 cm³/mol. The van der Waals surface area contributed by atoms with Crippen LogP contribution in [0.4, 0.5) is 0 Å². The fourth-order valence-corrected chi connectivity index (χ4v) is 3.85. The number of nitrogens with zero attached hydrogens (tertiary/aromatic N) is 1. The van der Waals surface area contributed by atoms with Gasteiger partial charge < -0.3 is 0 Å². The zero-order valence-corrected chi connectivity index (χ0v) is 10.8. The molecule has 2 saturated carbocycles. The Morgan fingerprint density at radius 2 is 2.28 bits per heavy atom. The molecule has 0 spiro atoms. The van der Waals surface area contributed by atoms with E-state index in [-0.39, 0.29) is 0 Å². The normalized spacial score (nSPS) is 29.7. The Bertz CT molecular complexity index is 414. The third kappa shape index (κ3) is 2.63. The summed E-state index contributed by atoms with van der Waals surface area (Å²) < 4.78 is 0. The van der Waals surface area contributed by atoms with Gasteiger partial charge in [0.1, 0.15) is 5.78 Å². The molecule has 18 heavy (non-hydrogen) atoms. The lowest BCUT2D eigenvalue weighted by molar-refractivity contribution is -0.120. The second-order valence-electron chi connectivity index (χ2n) is 6.04. The number of Topliss-reactive ketones (excluding diaryl/α,β-unsaturated/α-hetero) is 1. The first kappa shape index (κ1) is 11.9. The van der Waals surface area contributed by atoms with Crippen molar-refractivity contribution in [1.29, 1.82) is 0 Å². The quantitative estimate of drug-likeness (QED) is 0.793. The molecule has 0 N–H and O–H groups in total. The van der Waals surface area contributed by atoms with E-state index >= 15 is 0 Å². The molecule has 1 heterocycles. The first-order chi connectivity index (χ1) is 8.81. The van der Waals surface area contributed by atoms with Crippen molar-refractivity contribution in [2.75, 3.05) is 0 Å². The lowest BCUT2D eigenvalue weighted by Gasteiger charge is -2.20. The van der Waals surface area contributed by atoms with E-state index in [1.165, 1.54) is 31.2 Å². The van der Waals surface area contributed by atoms with Crippen LogP contribution in [0.2, 0.25) is 0 Å². The molecule has 0 aliphatic heterocycles. The van der Waals surface area contributed by atoms with Crippen molar-refractivity contribution in [2.24, 2.45) is 17.8 Å². The SMILES string of the molecule is O=C(CCc1cccnc1)CC1CC2CCC1C2. The Morgan fingerprint density at radius 1 is 1.33 bits per heavy atom. The number of carbonyl (C=O) groups is 1. The number of hydrogen-bond donors (Lipinski definition) is 0. The molecule has 3 unspecified atom stereocenters. The second kappa shape index (κ2) is 5.21. The number of aromatic nitrogens is 1. The van der Waals surface area contributed by atoms with Gasteiger partial charge in [-0.25, -0.2) is 0 Å². The molecule has 3 rings (SSSR count). The van der Waals surface area contributed by atoms with Crippen LogP contribution in [0.25, 0.3) is 0 Å². The molecule has 2 aliphatic rings. The Labute approximate surface area is 109 Å². The van der Waals surface area contributed by atoms with Crippen LogP contribution >= 0.6 is 0 Å². The van der Waals surface area contributed by atoms with Gasteiger partial charge in [-0.05, 0) is 55.1 Å². The summed E-state index contributed by atoms with van der Waals surface area (Å²) in [5.41, 5.74) is 1.18. The van der Waals surface area contributed by atoms with E-state index in [1.54, 1.807) is 6.20 Å². The first-order valence-corrected chi connectivity index (χ1v) is 7.22. The number of rotatable bonds is 5. The first-order valence-electron chi connectivity index (χ1n) is 7.22. The molecule has 96 valence electrons. The van der Waals surface area contributed by atoms with Crippen molar-refractivity contribution >= 4 is 5.78 Å². The summed E-state index contributed by atoms with van der Waals surface area (Å²) in [6, 6.07) is 3.99. The van der Waals surface area contributed by atoms with E-state index < -0.39 is 0 Å². The fraction of sp³-hybridized carbons (Fsp3) is 0.625. The van der Waals surface area contributed by atoms with Crippen LogP contribution in [-0.2, 0) is 11.2 Å². The van der Waals surface area contributed by atoms with Crippen molar-refractivity contribution in [1.82, 2.24) is 4.98 Å². The highest BCUT2D eigenvalue weighted by Crippen LogP contribution is 2.49. The van der Waals surface area contributed by atoms with Gasteiger partial charge in [0.25, 0.3) is 0 Å². The molecule has 0 radical (unpaired) electrons. The standard InChI is InChI=1S/C16H21NO/c18-16(6-4-12-2-1-7-17-11-12)10-15-9-13-3-5-14(15)8-13/h1-2,7,11,13-15H,3-6,8-10H2. The minimum absolute atomic E-state index is 0.455. The van der Waals surface area contributed by atoms with Crippen molar-refractivity contribution < 1.29 is 4.79 Å². The molecule has 2 nitrogen and oxygen atoms in total. The average Bonchev–Trinajstić information content (AvgIpc) is 3.00. The third-order valence-electron chi connectivity index (χ3n) is 4.79. The molecule has 2 heteroatoms. The topological polar surface area (TPSA) is 30.0 Å². The molecule has 3 atom stereocenters. The summed E-state index contributed by atoms with van der Waals surface area (Å²) in [7, 11) is 0. The summed E-state index contributed by atoms with van der Waals surface area (Å²) >= 11 is 0. The van der Waals surface area contributed by atoms with Crippen LogP contribution in [-0.4, -0.2) is 10.8 Å². The summed E-state index contributed by atoms with van der Waals surface area (Å²) in [6.07, 6.45) is 11.6. The van der Waals surface area contributed by atoms with Gasteiger partial charge in [0, 0.05) is 25.2 Å². The van der Waals surface area contributed by atoms with Crippen molar-refractivity contribution in [3.8, 4) is 0 Å². The van der Waals surface area contributed by atoms with Crippen molar-refractivity contribution in [3.05, 3.63) is 30.1 Å². The Balaban J connectivity index is 1.45. The van der Waals surface area contributed by atoms with Gasteiger partial charge in [-0.2, -0.15) is 0 Å². The summed E-state index contributed by atoms with van der Waals surface area (Å²) in [4.78, 5) is 16.1. The maximum absolute atomic E-state index is 12.0. The molecule has 1 aromatic rings. The number of aryl methyl sites for hydroxylation is 1. The van der Waals surface area contributed by atoms with Crippen LogP contribution in [0.5, 0.6) is 0 Å². The predicted octanol–water partition coefficient (Wildman–Crippen LogP) is 3.41. The number of pyridine rings is 1. The lowest BCUT2D eigenvalue weighted by Crippen LogP contribution is -2.15. The van der Waals surface area contributed by atoms with E-state index in [0.717, 1.165) is 24.7 Å². The van der Waals surface area contributed by atoms with Gasteiger partial charge in [0.05, 0.1) is 0 Å². The molecular formula is C16H21NO. The molecule has 0 aromatic carbocycles. The second-order valence-corrected chi connectivity index (χ2v) is 6.04. The van der Waals surface area contributed by atoms with Gasteiger partial charge >= 0.3 is 0 Å². The molecule has 2 fully saturated rings. The monoisotopic (exact) mass is 243 g/mol. The van der Waals surface area contributed by atoms with Gasteiger partial charge in [-0.3, -0.25) is 9.78 Å². The van der Waals surface area contributed by atoms with Crippen molar-refractivity contribution in [2.45, 2.75) is 44.9 Å². The van der Waals surface area contributed by atoms with E-state index in [9.17, 15) is 4.79 Å². The average molecular weight is 243 g/mol. The fourth-order valence-electron chi connectivity index (χ4n) is 3.85. The number of carbonyl (C=O) groups excluding carboxylic acids is 1. The van der Waals surface area contributed by atoms with E-state index in [1.807, 2.05) is 12.3 Å². The van der Waals surface area contributed by atoms with Crippen LogP contribution in [0.15, 0.2) is 24.5 Å². The Hall–Kier alpha value is -1.18. The highest BCUT2D eigenvalue weighted by Gasteiger charge is 2.39. The van der Waals surface area contributed by atoms with Gasteiger partial charge in [0.2, 0.25) is 0 Å². The van der Waals surface area contributed by atoms with E-state index in [0.29, 0.717) is 18.1 Å².